The van der Waals surface area contributed by atoms with E-state index in [0.29, 0.717) is 0 Å². The lowest BCUT2D eigenvalue weighted by Crippen LogP contribution is -2.24. The Morgan fingerprint density at radius 3 is 2.12 bits per heavy atom. The average Bonchev–Trinajstić information content (AvgIpc) is 2.39. The molecule has 0 aliphatic carbocycles. The monoisotopic (exact) mass is 234 g/mol. The average molecular weight is 234 g/mol. The van der Waals surface area contributed by atoms with Gasteiger partial charge in [-0.25, -0.2) is 0 Å². The van der Waals surface area contributed by atoms with E-state index >= 15 is 0 Å². The third kappa shape index (κ3) is 2.10. The van der Waals surface area contributed by atoms with Gasteiger partial charge in [-0.3, -0.25) is 9.48 Å². The van der Waals surface area contributed by atoms with Crippen molar-refractivity contribution in [2.45, 2.75) is 39.9 Å². The van der Waals surface area contributed by atoms with Gasteiger partial charge in [0.15, 0.2) is 0 Å². The van der Waals surface area contributed by atoms with Crippen LogP contribution in [0, 0.1) is 13.8 Å². The van der Waals surface area contributed by atoms with E-state index in [9.17, 15) is 18.0 Å². The van der Waals surface area contributed by atoms with Gasteiger partial charge in [-0.2, -0.15) is 18.3 Å². The molecule has 0 amide bonds. The van der Waals surface area contributed by atoms with Gasteiger partial charge in [-0.15, -0.1) is 0 Å². The molecule has 1 aromatic heterocycles. The van der Waals surface area contributed by atoms with E-state index in [1.165, 1.54) is 18.5 Å². The second-order valence-corrected chi connectivity index (χ2v) is 3.91. The Morgan fingerprint density at radius 1 is 1.31 bits per heavy atom. The number of rotatable bonds is 2. The smallest absolute Gasteiger partial charge is 0.284 e. The zero-order valence-electron chi connectivity index (χ0n) is 9.51. The lowest BCUT2D eigenvalue weighted by molar-refractivity contribution is -0.0886. The Hall–Kier alpha value is -1.33. The number of Topliss-reactive ketones (excluding diaryl/α,β-unsaturated/α-hetero) is 1. The number of carbonyl (C=O) groups excluding carboxylic acids is 1. The van der Waals surface area contributed by atoms with Gasteiger partial charge >= 0.3 is 6.18 Å². The summed E-state index contributed by atoms with van der Waals surface area (Å²) in [5, 5.41) is 3.94. The first-order valence-electron chi connectivity index (χ1n) is 4.83. The molecule has 3 nitrogen and oxygen atoms in total. The number of hydrogen-bond acceptors (Lipinski definition) is 2. The summed E-state index contributed by atoms with van der Waals surface area (Å²) in [6, 6.07) is -0.0755. The Morgan fingerprint density at radius 2 is 1.81 bits per heavy atom. The van der Waals surface area contributed by atoms with Crippen LogP contribution in [0.1, 0.15) is 41.6 Å². The molecule has 0 N–H and O–H groups in total. The van der Waals surface area contributed by atoms with Crippen molar-refractivity contribution in [2.24, 2.45) is 0 Å². The van der Waals surface area contributed by atoms with Crippen molar-refractivity contribution < 1.29 is 18.0 Å². The summed E-state index contributed by atoms with van der Waals surface area (Å²) in [5.74, 6) is -1.82. The number of ketones is 1. The molecule has 0 spiro atoms. The molecule has 0 bridgehead atoms. The first kappa shape index (κ1) is 12.7. The lowest BCUT2D eigenvalue weighted by Gasteiger charge is -2.09. The van der Waals surface area contributed by atoms with Crippen LogP contribution in [-0.4, -0.2) is 21.7 Å². The van der Waals surface area contributed by atoms with Crippen LogP contribution in [0.4, 0.5) is 13.2 Å². The molecule has 0 radical (unpaired) electrons. The molecule has 16 heavy (non-hydrogen) atoms. The van der Waals surface area contributed by atoms with Crippen LogP contribution in [0.2, 0.25) is 0 Å². The minimum Gasteiger partial charge on any atom is -0.284 e. The van der Waals surface area contributed by atoms with Crippen molar-refractivity contribution in [2.75, 3.05) is 0 Å². The quantitative estimate of drug-likeness (QED) is 0.737. The molecule has 90 valence electrons. The fourth-order valence-electron chi connectivity index (χ4n) is 1.64. The number of hydrogen-bond donors (Lipinski definition) is 0. The minimum atomic E-state index is -4.85. The Bertz CT molecular complexity index is 418. The molecule has 1 aromatic rings. The maximum Gasteiger partial charge on any atom is 0.455 e. The minimum absolute atomic E-state index is 0.0755. The van der Waals surface area contributed by atoms with Crippen LogP contribution >= 0.6 is 0 Å². The van der Waals surface area contributed by atoms with E-state index in [1.807, 2.05) is 0 Å². The van der Waals surface area contributed by atoms with Gasteiger partial charge in [0.05, 0.1) is 11.3 Å². The number of carbonyl (C=O) groups is 1. The fraction of sp³-hybridized carbons (Fsp3) is 0.600. The predicted molar refractivity (Wildman–Crippen MR) is 52.5 cm³/mol. The van der Waals surface area contributed by atoms with Crippen molar-refractivity contribution >= 4 is 5.78 Å². The first-order valence-corrected chi connectivity index (χ1v) is 4.83. The summed E-state index contributed by atoms with van der Waals surface area (Å²) in [5.41, 5.74) is 0.0459. The SMILES string of the molecule is Cc1nn(C(C)C)c(C)c1C(=O)C(F)(F)F. The van der Waals surface area contributed by atoms with Crippen LogP contribution in [0.15, 0.2) is 0 Å². The summed E-state index contributed by atoms with van der Waals surface area (Å²) in [6.45, 7) is 6.46. The topological polar surface area (TPSA) is 34.9 Å². The van der Waals surface area contributed by atoms with E-state index in [4.69, 9.17) is 0 Å². The molecule has 0 fully saturated rings. The predicted octanol–water partition coefficient (Wildman–Crippen LogP) is 2.83. The molecule has 0 unspecified atom stereocenters. The molecular weight excluding hydrogens is 221 g/mol. The zero-order valence-corrected chi connectivity index (χ0v) is 9.51. The summed E-state index contributed by atoms with van der Waals surface area (Å²) < 4.78 is 38.4. The number of aryl methyl sites for hydroxylation is 1. The van der Waals surface area contributed by atoms with E-state index in [0.717, 1.165) is 0 Å². The maximum absolute atomic E-state index is 12.3. The van der Waals surface area contributed by atoms with Crippen molar-refractivity contribution in [1.82, 2.24) is 9.78 Å². The Balaban J connectivity index is 3.31. The number of halogens is 3. The summed E-state index contributed by atoms with van der Waals surface area (Å²) >= 11 is 0. The van der Waals surface area contributed by atoms with Crippen molar-refractivity contribution in [3.05, 3.63) is 17.0 Å². The van der Waals surface area contributed by atoms with Gasteiger partial charge in [0.2, 0.25) is 0 Å². The summed E-state index contributed by atoms with van der Waals surface area (Å²) in [7, 11) is 0. The lowest BCUT2D eigenvalue weighted by atomic mass is 10.1. The van der Waals surface area contributed by atoms with E-state index < -0.39 is 12.0 Å². The molecule has 0 aliphatic heterocycles. The molecule has 0 aliphatic rings. The van der Waals surface area contributed by atoms with E-state index in [2.05, 4.69) is 5.10 Å². The molecule has 1 rings (SSSR count). The summed E-state index contributed by atoms with van der Waals surface area (Å²) in [4.78, 5) is 11.2. The summed E-state index contributed by atoms with van der Waals surface area (Å²) in [6.07, 6.45) is -4.85. The highest BCUT2D eigenvalue weighted by Gasteiger charge is 2.42. The molecule has 0 saturated heterocycles. The highest BCUT2D eigenvalue weighted by molar-refractivity contribution is 6.02. The van der Waals surface area contributed by atoms with Crippen LogP contribution in [0.5, 0.6) is 0 Å². The largest absolute Gasteiger partial charge is 0.455 e. The first-order chi connectivity index (χ1) is 7.16. The zero-order chi connectivity index (χ0) is 12.7. The molecule has 6 heteroatoms. The second-order valence-electron chi connectivity index (χ2n) is 3.91. The van der Waals surface area contributed by atoms with Crippen LogP contribution < -0.4 is 0 Å². The van der Waals surface area contributed by atoms with Crippen molar-refractivity contribution in [3.8, 4) is 0 Å². The fourth-order valence-corrected chi connectivity index (χ4v) is 1.64. The van der Waals surface area contributed by atoms with Crippen LogP contribution in [0.25, 0.3) is 0 Å². The van der Waals surface area contributed by atoms with Crippen LogP contribution in [0.3, 0.4) is 0 Å². The normalized spacial score (nSPS) is 12.2. The highest BCUT2D eigenvalue weighted by atomic mass is 19.4. The van der Waals surface area contributed by atoms with Gasteiger partial charge < -0.3 is 0 Å². The molecule has 1 heterocycles. The standard InChI is InChI=1S/C10H13F3N2O/c1-5(2)15-7(4)8(6(3)14-15)9(16)10(11,12)13/h5H,1-4H3. The molecular formula is C10H13F3N2O. The molecule has 0 aromatic carbocycles. The number of nitrogens with zero attached hydrogens (tertiary/aromatic N) is 2. The highest BCUT2D eigenvalue weighted by Crippen LogP contribution is 2.26. The third-order valence-electron chi connectivity index (χ3n) is 2.30. The van der Waals surface area contributed by atoms with Gasteiger partial charge in [0.25, 0.3) is 5.78 Å². The van der Waals surface area contributed by atoms with Crippen molar-refractivity contribution in [1.29, 1.82) is 0 Å². The van der Waals surface area contributed by atoms with E-state index in [-0.39, 0.29) is 23.0 Å². The molecule has 0 atom stereocenters. The number of aromatic nitrogens is 2. The Labute approximate surface area is 91.3 Å². The van der Waals surface area contributed by atoms with Gasteiger partial charge in [-0.05, 0) is 27.7 Å². The van der Waals surface area contributed by atoms with Gasteiger partial charge in [0, 0.05) is 11.7 Å². The second kappa shape index (κ2) is 3.92. The molecule has 0 saturated carbocycles. The van der Waals surface area contributed by atoms with Gasteiger partial charge in [-0.1, -0.05) is 0 Å². The van der Waals surface area contributed by atoms with Gasteiger partial charge in [0.1, 0.15) is 0 Å². The maximum atomic E-state index is 12.3. The van der Waals surface area contributed by atoms with Crippen molar-refractivity contribution in [3.63, 3.8) is 0 Å². The third-order valence-corrected chi connectivity index (χ3v) is 2.30. The van der Waals surface area contributed by atoms with E-state index in [1.54, 1.807) is 13.8 Å². The number of alkyl halides is 3. The Kier molecular flexibility index (Phi) is 3.12. The van der Waals surface area contributed by atoms with Crippen LogP contribution in [-0.2, 0) is 0 Å².